The largest absolute Gasteiger partial charge is 1.00 e. The monoisotopic (exact) mass is 292 g/mol. The molecular weight excluding hydrogens is 263 g/mol. The molecule has 0 amide bonds. The summed E-state index contributed by atoms with van der Waals surface area (Å²) in [7, 11) is 0. The van der Waals surface area contributed by atoms with Gasteiger partial charge in [-0.05, 0) is 41.7 Å². The SMILES string of the molecule is CCCCCCCCCc1c(C)ccc2ccccc12.[H-].[Na+]. The number of aryl methyl sites for hydroxylation is 2. The standard InChI is InChI=1S/C20H28.Na.H/c1-3-4-5-6-7-8-9-13-19-17(2)15-16-18-12-10-11-14-20(18)19;;/h10-12,14-16H,3-9,13H2,1-2H3;;/q;+1;-1. The number of hydrogen-bond donors (Lipinski definition) is 0. The van der Waals surface area contributed by atoms with Crippen LogP contribution in [0.1, 0.15) is 64.4 Å². The van der Waals surface area contributed by atoms with Crippen molar-refractivity contribution in [3.8, 4) is 0 Å². The second-order valence-corrected chi connectivity index (χ2v) is 5.95. The van der Waals surface area contributed by atoms with Crippen LogP contribution in [0.15, 0.2) is 36.4 Å². The predicted molar refractivity (Wildman–Crippen MR) is 91.5 cm³/mol. The summed E-state index contributed by atoms with van der Waals surface area (Å²) in [4.78, 5) is 0. The van der Waals surface area contributed by atoms with E-state index in [0.717, 1.165) is 0 Å². The summed E-state index contributed by atoms with van der Waals surface area (Å²) >= 11 is 0. The first kappa shape index (κ1) is 18.7. The van der Waals surface area contributed by atoms with Crippen LogP contribution in [-0.2, 0) is 6.42 Å². The summed E-state index contributed by atoms with van der Waals surface area (Å²) in [5.74, 6) is 0. The van der Waals surface area contributed by atoms with Crippen molar-refractivity contribution in [3.63, 3.8) is 0 Å². The van der Waals surface area contributed by atoms with Gasteiger partial charge in [-0.2, -0.15) is 0 Å². The fourth-order valence-electron chi connectivity index (χ4n) is 3.04. The van der Waals surface area contributed by atoms with E-state index >= 15 is 0 Å². The Morgan fingerprint density at radius 2 is 1.48 bits per heavy atom. The van der Waals surface area contributed by atoms with Crippen molar-refractivity contribution in [1.82, 2.24) is 0 Å². The zero-order valence-electron chi connectivity index (χ0n) is 15.1. The van der Waals surface area contributed by atoms with E-state index in [1.54, 1.807) is 5.56 Å². The third kappa shape index (κ3) is 5.77. The first-order chi connectivity index (χ1) is 9.83. The van der Waals surface area contributed by atoms with Crippen molar-refractivity contribution >= 4 is 10.8 Å². The molecule has 0 N–H and O–H groups in total. The van der Waals surface area contributed by atoms with Crippen LogP contribution in [0.25, 0.3) is 10.8 Å². The third-order valence-electron chi connectivity index (χ3n) is 4.31. The first-order valence-electron chi connectivity index (χ1n) is 8.30. The second-order valence-electron chi connectivity index (χ2n) is 5.95. The van der Waals surface area contributed by atoms with Gasteiger partial charge < -0.3 is 1.43 Å². The van der Waals surface area contributed by atoms with Crippen LogP contribution in [0.3, 0.4) is 0 Å². The van der Waals surface area contributed by atoms with Gasteiger partial charge in [0.25, 0.3) is 0 Å². The van der Waals surface area contributed by atoms with Crippen LogP contribution in [0, 0.1) is 6.92 Å². The molecule has 2 rings (SSSR count). The minimum atomic E-state index is 0. The molecule has 21 heavy (non-hydrogen) atoms. The molecule has 0 radical (unpaired) electrons. The summed E-state index contributed by atoms with van der Waals surface area (Å²) in [5, 5.41) is 2.84. The molecule has 1 heteroatoms. The van der Waals surface area contributed by atoms with Crippen LogP contribution in [-0.4, -0.2) is 0 Å². The summed E-state index contributed by atoms with van der Waals surface area (Å²) < 4.78 is 0. The summed E-state index contributed by atoms with van der Waals surface area (Å²) in [6, 6.07) is 13.3. The molecule has 0 saturated carbocycles. The van der Waals surface area contributed by atoms with E-state index in [-0.39, 0.29) is 31.0 Å². The number of benzene rings is 2. The van der Waals surface area contributed by atoms with Gasteiger partial charge in [0.15, 0.2) is 0 Å². The molecule has 0 nitrogen and oxygen atoms in total. The van der Waals surface area contributed by atoms with Gasteiger partial charge in [0, 0.05) is 0 Å². The summed E-state index contributed by atoms with van der Waals surface area (Å²) in [6.07, 6.45) is 10.9. The van der Waals surface area contributed by atoms with E-state index < -0.39 is 0 Å². The maximum absolute atomic E-state index is 2.28. The normalized spacial score (nSPS) is 10.6. The van der Waals surface area contributed by atoms with Gasteiger partial charge >= 0.3 is 29.6 Å². The van der Waals surface area contributed by atoms with Crippen molar-refractivity contribution in [2.24, 2.45) is 0 Å². The maximum Gasteiger partial charge on any atom is 1.00 e. The fourth-order valence-corrected chi connectivity index (χ4v) is 3.04. The minimum absolute atomic E-state index is 0. The Morgan fingerprint density at radius 3 is 2.24 bits per heavy atom. The molecule has 0 aromatic heterocycles. The van der Waals surface area contributed by atoms with Crippen molar-refractivity contribution < 1.29 is 31.0 Å². The van der Waals surface area contributed by atoms with Crippen LogP contribution in [0.5, 0.6) is 0 Å². The van der Waals surface area contributed by atoms with Crippen molar-refractivity contribution in [2.45, 2.75) is 65.2 Å². The Labute approximate surface area is 154 Å². The Hall–Kier alpha value is -0.300. The molecule has 0 saturated heterocycles. The van der Waals surface area contributed by atoms with Gasteiger partial charge in [0.2, 0.25) is 0 Å². The van der Waals surface area contributed by atoms with Crippen molar-refractivity contribution in [2.75, 3.05) is 0 Å². The predicted octanol–water partition coefficient (Wildman–Crippen LogP) is 3.56. The molecule has 0 spiro atoms. The topological polar surface area (TPSA) is 0 Å². The maximum atomic E-state index is 2.28. The van der Waals surface area contributed by atoms with Gasteiger partial charge in [-0.15, -0.1) is 0 Å². The van der Waals surface area contributed by atoms with Crippen molar-refractivity contribution in [3.05, 3.63) is 47.5 Å². The van der Waals surface area contributed by atoms with Crippen molar-refractivity contribution in [1.29, 1.82) is 0 Å². The van der Waals surface area contributed by atoms with E-state index in [9.17, 15) is 0 Å². The van der Waals surface area contributed by atoms with Crippen LogP contribution in [0.2, 0.25) is 0 Å². The van der Waals surface area contributed by atoms with Crippen LogP contribution < -0.4 is 29.6 Å². The fraction of sp³-hybridized carbons (Fsp3) is 0.500. The molecular formula is C20H29Na. The van der Waals surface area contributed by atoms with Crippen LogP contribution >= 0.6 is 0 Å². The van der Waals surface area contributed by atoms with E-state index in [4.69, 9.17) is 0 Å². The Kier molecular flexibility index (Phi) is 9.31. The Morgan fingerprint density at radius 1 is 0.810 bits per heavy atom. The molecule has 0 fully saturated rings. The average Bonchev–Trinajstić information content (AvgIpc) is 2.48. The Bertz CT molecular complexity index is 536. The molecule has 0 bridgehead atoms. The number of rotatable bonds is 8. The zero-order valence-corrected chi connectivity index (χ0v) is 16.1. The van der Waals surface area contributed by atoms with Gasteiger partial charge in [-0.25, -0.2) is 0 Å². The molecule has 0 aliphatic carbocycles. The molecule has 110 valence electrons. The van der Waals surface area contributed by atoms with Crippen LogP contribution in [0.4, 0.5) is 0 Å². The number of fused-ring (bicyclic) bond motifs is 1. The van der Waals surface area contributed by atoms with E-state index in [1.165, 1.54) is 67.7 Å². The molecule has 0 aliphatic heterocycles. The molecule has 2 aromatic carbocycles. The summed E-state index contributed by atoms with van der Waals surface area (Å²) in [5.41, 5.74) is 3.02. The minimum Gasteiger partial charge on any atom is -1.00 e. The van der Waals surface area contributed by atoms with Gasteiger partial charge in [0.05, 0.1) is 0 Å². The number of unbranched alkanes of at least 4 members (excludes halogenated alkanes) is 6. The Balaban J connectivity index is 0.00000220. The third-order valence-corrected chi connectivity index (χ3v) is 4.31. The molecule has 2 aromatic rings. The number of hydrogen-bond acceptors (Lipinski definition) is 0. The zero-order chi connectivity index (χ0) is 14.2. The van der Waals surface area contributed by atoms with Gasteiger partial charge in [-0.1, -0.05) is 81.8 Å². The molecule has 0 unspecified atom stereocenters. The second kappa shape index (κ2) is 10.4. The van der Waals surface area contributed by atoms with Gasteiger partial charge in [-0.3, -0.25) is 0 Å². The molecule has 0 atom stereocenters. The smallest absolute Gasteiger partial charge is 1.00 e. The molecule has 0 heterocycles. The average molecular weight is 292 g/mol. The van der Waals surface area contributed by atoms with Gasteiger partial charge in [0.1, 0.15) is 0 Å². The molecule has 0 aliphatic rings. The van der Waals surface area contributed by atoms with E-state index in [0.29, 0.717) is 0 Å². The van der Waals surface area contributed by atoms with E-state index in [2.05, 4.69) is 50.2 Å². The van der Waals surface area contributed by atoms with E-state index in [1.807, 2.05) is 0 Å². The quantitative estimate of drug-likeness (QED) is 0.515. The first-order valence-corrected chi connectivity index (χ1v) is 8.30. The summed E-state index contributed by atoms with van der Waals surface area (Å²) in [6.45, 7) is 4.53.